The Morgan fingerprint density at radius 2 is 1.42 bits per heavy atom. The van der Waals surface area contributed by atoms with E-state index in [0.717, 1.165) is 0 Å². The molecule has 24 heavy (non-hydrogen) atoms. The highest BCUT2D eigenvalue weighted by Gasteiger charge is 2.47. The van der Waals surface area contributed by atoms with E-state index in [0.29, 0.717) is 23.2 Å². The third kappa shape index (κ3) is 5.85. The van der Waals surface area contributed by atoms with Crippen molar-refractivity contribution in [2.45, 2.75) is 85.0 Å². The smallest absolute Gasteiger partial charge is 0.330 e. The number of esters is 1. The van der Waals surface area contributed by atoms with Crippen LogP contribution in [0.2, 0.25) is 16.6 Å². The molecule has 0 rings (SSSR count). The first kappa shape index (κ1) is 23.1. The van der Waals surface area contributed by atoms with E-state index in [1.807, 2.05) is 6.92 Å². The Kier molecular flexibility index (Phi) is 9.74. The third-order valence-corrected chi connectivity index (χ3v) is 10.8. The van der Waals surface area contributed by atoms with Crippen molar-refractivity contribution < 1.29 is 18.8 Å². The van der Waals surface area contributed by atoms with Gasteiger partial charge in [-0.15, -0.1) is 0 Å². The molecule has 0 aromatic heterocycles. The van der Waals surface area contributed by atoms with Gasteiger partial charge in [0, 0.05) is 12.0 Å². The number of ketones is 1. The van der Waals surface area contributed by atoms with Crippen molar-refractivity contribution in [3.05, 3.63) is 12.2 Å². The van der Waals surface area contributed by atoms with Crippen LogP contribution in [0.4, 0.5) is 0 Å². The summed E-state index contributed by atoms with van der Waals surface area (Å²) in [7, 11) is -2.16. The summed E-state index contributed by atoms with van der Waals surface area (Å²) in [5.74, 6) is -0.545. The molecule has 0 aliphatic carbocycles. The second-order valence-electron chi connectivity index (χ2n) is 7.44. The maximum atomic E-state index is 12.2. The minimum absolute atomic E-state index is 0.00911. The van der Waals surface area contributed by atoms with Gasteiger partial charge in [0.2, 0.25) is 8.32 Å². The van der Waals surface area contributed by atoms with Crippen molar-refractivity contribution in [2.75, 3.05) is 6.61 Å². The van der Waals surface area contributed by atoms with Crippen molar-refractivity contribution in [3.8, 4) is 0 Å². The highest BCUT2D eigenvalue weighted by molar-refractivity contribution is 6.77. The lowest BCUT2D eigenvalue weighted by molar-refractivity contribution is -0.137. The minimum atomic E-state index is -2.16. The molecule has 0 bridgehead atoms. The minimum Gasteiger partial charge on any atom is -0.463 e. The Morgan fingerprint density at radius 3 is 1.75 bits per heavy atom. The summed E-state index contributed by atoms with van der Waals surface area (Å²) in [5.41, 5.74) is 1.21. The number of Topliss-reactive ketones (excluding diaryl/α,β-unsaturated/α-hetero) is 1. The van der Waals surface area contributed by atoms with E-state index in [1.165, 1.54) is 6.08 Å². The molecule has 0 radical (unpaired) electrons. The first-order valence-corrected chi connectivity index (χ1v) is 11.2. The molecule has 4 nitrogen and oxygen atoms in total. The van der Waals surface area contributed by atoms with Crippen molar-refractivity contribution in [1.82, 2.24) is 0 Å². The molecule has 0 aromatic carbocycles. The van der Waals surface area contributed by atoms with E-state index < -0.39 is 14.4 Å². The third-order valence-electron chi connectivity index (χ3n) is 4.74. The van der Waals surface area contributed by atoms with E-state index in [2.05, 4.69) is 41.5 Å². The molecule has 0 unspecified atom stereocenters. The van der Waals surface area contributed by atoms with Crippen LogP contribution in [0, 0.1) is 5.92 Å². The van der Waals surface area contributed by atoms with Gasteiger partial charge in [0.05, 0.1) is 6.61 Å². The summed E-state index contributed by atoms with van der Waals surface area (Å²) < 4.78 is 11.5. The molecule has 140 valence electrons. The normalized spacial score (nSPS) is 15.3. The molecule has 2 atom stereocenters. The van der Waals surface area contributed by atoms with Crippen LogP contribution in [-0.4, -0.2) is 32.8 Å². The lowest BCUT2D eigenvalue weighted by atomic mass is 10.0. The van der Waals surface area contributed by atoms with Crippen LogP contribution in [0.15, 0.2) is 12.2 Å². The fourth-order valence-electron chi connectivity index (χ4n) is 3.71. The predicted molar refractivity (Wildman–Crippen MR) is 102 cm³/mol. The maximum absolute atomic E-state index is 12.2. The second kappa shape index (κ2) is 10.1. The van der Waals surface area contributed by atoms with Crippen molar-refractivity contribution in [3.63, 3.8) is 0 Å². The number of hydrogen-bond acceptors (Lipinski definition) is 4. The number of carbonyl (C=O) groups is 2. The Bertz CT molecular complexity index is 419. The van der Waals surface area contributed by atoms with Crippen LogP contribution in [0.3, 0.4) is 0 Å². The molecule has 0 N–H and O–H groups in total. The molecule has 0 aromatic rings. The molecule has 0 amide bonds. The Balaban J connectivity index is 5.51. The van der Waals surface area contributed by atoms with E-state index in [-0.39, 0.29) is 17.7 Å². The van der Waals surface area contributed by atoms with Crippen LogP contribution in [0.25, 0.3) is 0 Å². The van der Waals surface area contributed by atoms with Crippen molar-refractivity contribution in [2.24, 2.45) is 5.92 Å². The largest absolute Gasteiger partial charge is 0.463 e. The van der Waals surface area contributed by atoms with Crippen LogP contribution >= 0.6 is 0 Å². The Labute approximate surface area is 149 Å². The summed E-state index contributed by atoms with van der Waals surface area (Å²) >= 11 is 0. The second-order valence-corrected chi connectivity index (χ2v) is 12.8. The summed E-state index contributed by atoms with van der Waals surface area (Å²) in [6, 6.07) is 0. The van der Waals surface area contributed by atoms with Gasteiger partial charge in [-0.25, -0.2) is 4.79 Å². The average molecular weight is 357 g/mol. The van der Waals surface area contributed by atoms with E-state index in [9.17, 15) is 9.59 Å². The zero-order valence-corrected chi connectivity index (χ0v) is 17.9. The van der Waals surface area contributed by atoms with Gasteiger partial charge in [0.15, 0.2) is 5.78 Å². The lowest BCUT2D eigenvalue weighted by Gasteiger charge is -2.45. The summed E-state index contributed by atoms with van der Waals surface area (Å²) in [6.45, 7) is 18.8. The zero-order chi connectivity index (χ0) is 19.1. The number of carbonyl (C=O) groups excluding carboxylic acids is 2. The van der Waals surface area contributed by atoms with Crippen molar-refractivity contribution >= 4 is 20.1 Å². The molecule has 0 saturated carbocycles. The fraction of sp³-hybridized carbons (Fsp3) is 0.789. The van der Waals surface area contributed by atoms with Gasteiger partial charge < -0.3 is 9.16 Å². The number of ether oxygens (including phenoxy) is 1. The average Bonchev–Trinajstić information content (AvgIpc) is 2.44. The molecule has 0 aliphatic rings. The number of rotatable bonds is 10. The standard InChI is InChI=1S/C19H36O4Si/c1-10-22-18(21)12-11-16(8)19(17(9)20)23-24(13(2)3,14(4)5)15(6)7/h11-16,19H,10H2,1-9H3/b12-11+/t16-,19-/m1/s1. The summed E-state index contributed by atoms with van der Waals surface area (Å²) in [6.07, 6.45) is 2.61. The molecule has 0 saturated heterocycles. The molecule has 0 spiro atoms. The van der Waals surface area contributed by atoms with Gasteiger partial charge in [-0.05, 0) is 30.5 Å². The van der Waals surface area contributed by atoms with Crippen LogP contribution in [0.5, 0.6) is 0 Å². The Morgan fingerprint density at radius 1 is 0.958 bits per heavy atom. The summed E-state index contributed by atoms with van der Waals surface area (Å²) in [5, 5.41) is 0. The Hall–Kier alpha value is -0.943. The molecule has 5 heteroatoms. The molecule has 0 aliphatic heterocycles. The molecular formula is C19H36O4Si. The van der Waals surface area contributed by atoms with Gasteiger partial charge in [0.1, 0.15) is 6.10 Å². The van der Waals surface area contributed by atoms with E-state index in [4.69, 9.17) is 9.16 Å². The molecule has 0 heterocycles. The SMILES string of the molecule is CCOC(=O)/C=C/[C@@H](C)[C@@H](O[Si](C(C)C)(C(C)C)C(C)C)C(C)=O. The zero-order valence-electron chi connectivity index (χ0n) is 16.9. The van der Waals surface area contributed by atoms with Gasteiger partial charge in [0.25, 0.3) is 0 Å². The number of hydrogen-bond donors (Lipinski definition) is 0. The van der Waals surface area contributed by atoms with Gasteiger partial charge in [-0.1, -0.05) is 54.5 Å². The van der Waals surface area contributed by atoms with Gasteiger partial charge >= 0.3 is 5.97 Å². The monoisotopic (exact) mass is 356 g/mol. The highest BCUT2D eigenvalue weighted by Crippen LogP contribution is 2.43. The quantitative estimate of drug-likeness (QED) is 0.318. The van der Waals surface area contributed by atoms with Gasteiger partial charge in [-0.3, -0.25) is 4.79 Å². The molecule has 0 fully saturated rings. The van der Waals surface area contributed by atoms with E-state index in [1.54, 1.807) is 19.9 Å². The van der Waals surface area contributed by atoms with Gasteiger partial charge in [-0.2, -0.15) is 0 Å². The van der Waals surface area contributed by atoms with Crippen LogP contribution in [-0.2, 0) is 18.8 Å². The fourth-order valence-corrected chi connectivity index (χ4v) is 9.35. The first-order chi connectivity index (χ1) is 11.0. The molecular weight excluding hydrogens is 320 g/mol. The summed E-state index contributed by atoms with van der Waals surface area (Å²) in [4.78, 5) is 23.8. The maximum Gasteiger partial charge on any atom is 0.330 e. The topological polar surface area (TPSA) is 52.6 Å². The van der Waals surface area contributed by atoms with Crippen LogP contribution < -0.4 is 0 Å². The first-order valence-electron chi connectivity index (χ1n) is 9.03. The lowest BCUT2D eigenvalue weighted by Crippen LogP contribution is -2.52. The van der Waals surface area contributed by atoms with Crippen molar-refractivity contribution in [1.29, 1.82) is 0 Å². The van der Waals surface area contributed by atoms with E-state index >= 15 is 0 Å². The predicted octanol–water partition coefficient (Wildman–Crippen LogP) is 4.89. The highest BCUT2D eigenvalue weighted by atomic mass is 28.4. The van der Waals surface area contributed by atoms with Crippen LogP contribution in [0.1, 0.15) is 62.3 Å².